The maximum atomic E-state index is 9.21. The highest BCUT2D eigenvalue weighted by Gasteiger charge is 2.07. The average Bonchev–Trinajstić information content (AvgIpc) is 2.25. The molecule has 0 aliphatic heterocycles. The van der Waals surface area contributed by atoms with Crippen LogP contribution < -0.4 is 0 Å². The van der Waals surface area contributed by atoms with Crippen LogP contribution in [0.3, 0.4) is 0 Å². The standard InChI is InChI=1S/C13H20O/c1-2-3-7-13(11-14)10-12-8-5-4-6-9-12/h4-6,8-9,13-14H,2-3,7,10-11H2,1H3. The molecule has 14 heavy (non-hydrogen) atoms. The first-order chi connectivity index (χ1) is 6.86. The molecule has 0 spiro atoms. The van der Waals surface area contributed by atoms with Crippen LogP contribution in [0.2, 0.25) is 0 Å². The van der Waals surface area contributed by atoms with Crippen LogP contribution in [-0.4, -0.2) is 11.7 Å². The van der Waals surface area contributed by atoms with E-state index in [1.165, 1.54) is 18.4 Å². The molecule has 1 atom stereocenters. The second kappa shape index (κ2) is 6.61. The summed E-state index contributed by atoms with van der Waals surface area (Å²) < 4.78 is 0. The van der Waals surface area contributed by atoms with Crippen LogP contribution in [0.25, 0.3) is 0 Å². The first-order valence-electron chi connectivity index (χ1n) is 5.51. The van der Waals surface area contributed by atoms with Crippen molar-refractivity contribution in [2.24, 2.45) is 5.92 Å². The van der Waals surface area contributed by atoms with Crippen LogP contribution in [0, 0.1) is 5.92 Å². The van der Waals surface area contributed by atoms with Crippen LogP contribution in [0.5, 0.6) is 0 Å². The van der Waals surface area contributed by atoms with Gasteiger partial charge in [0.2, 0.25) is 0 Å². The fourth-order valence-corrected chi connectivity index (χ4v) is 1.70. The lowest BCUT2D eigenvalue weighted by Gasteiger charge is -2.13. The number of hydrogen-bond donors (Lipinski definition) is 1. The Morgan fingerprint density at radius 3 is 2.50 bits per heavy atom. The quantitative estimate of drug-likeness (QED) is 0.734. The largest absolute Gasteiger partial charge is 0.396 e. The van der Waals surface area contributed by atoms with Crippen LogP contribution in [0.1, 0.15) is 31.7 Å². The van der Waals surface area contributed by atoms with Gasteiger partial charge in [-0.05, 0) is 24.3 Å². The normalized spacial score (nSPS) is 12.7. The van der Waals surface area contributed by atoms with Gasteiger partial charge in [0.25, 0.3) is 0 Å². The minimum absolute atomic E-state index is 0.314. The SMILES string of the molecule is CCCCC(CO)Cc1ccccc1. The number of aliphatic hydroxyl groups excluding tert-OH is 1. The molecule has 0 heterocycles. The Morgan fingerprint density at radius 1 is 1.21 bits per heavy atom. The highest BCUT2D eigenvalue weighted by molar-refractivity contribution is 5.15. The minimum atomic E-state index is 0.314. The van der Waals surface area contributed by atoms with Gasteiger partial charge in [-0.15, -0.1) is 0 Å². The molecule has 0 amide bonds. The van der Waals surface area contributed by atoms with Gasteiger partial charge in [-0.3, -0.25) is 0 Å². The van der Waals surface area contributed by atoms with Crippen molar-refractivity contribution >= 4 is 0 Å². The molecule has 0 saturated carbocycles. The lowest BCUT2D eigenvalue weighted by atomic mass is 9.95. The van der Waals surface area contributed by atoms with Crippen molar-refractivity contribution in [2.45, 2.75) is 32.6 Å². The highest BCUT2D eigenvalue weighted by atomic mass is 16.3. The maximum Gasteiger partial charge on any atom is 0.0462 e. The zero-order valence-electron chi connectivity index (χ0n) is 8.95. The fourth-order valence-electron chi connectivity index (χ4n) is 1.70. The molecular weight excluding hydrogens is 172 g/mol. The maximum absolute atomic E-state index is 9.21. The summed E-state index contributed by atoms with van der Waals surface area (Å²) in [6.45, 7) is 2.51. The topological polar surface area (TPSA) is 20.2 Å². The first kappa shape index (κ1) is 11.3. The van der Waals surface area contributed by atoms with Crippen LogP contribution >= 0.6 is 0 Å². The molecule has 1 heteroatoms. The molecular formula is C13H20O. The molecule has 0 aliphatic rings. The van der Waals surface area contributed by atoms with Gasteiger partial charge < -0.3 is 5.11 Å². The van der Waals surface area contributed by atoms with Crippen LogP contribution in [-0.2, 0) is 6.42 Å². The predicted octanol–water partition coefficient (Wildman–Crippen LogP) is 3.03. The van der Waals surface area contributed by atoms with Crippen molar-refractivity contribution < 1.29 is 5.11 Å². The highest BCUT2D eigenvalue weighted by Crippen LogP contribution is 2.14. The van der Waals surface area contributed by atoms with E-state index in [0.29, 0.717) is 12.5 Å². The third-order valence-electron chi connectivity index (χ3n) is 2.59. The summed E-state index contributed by atoms with van der Waals surface area (Å²) in [5, 5.41) is 9.21. The summed E-state index contributed by atoms with van der Waals surface area (Å²) in [4.78, 5) is 0. The molecule has 0 saturated heterocycles. The van der Waals surface area contributed by atoms with E-state index in [0.717, 1.165) is 12.8 Å². The average molecular weight is 192 g/mol. The van der Waals surface area contributed by atoms with Gasteiger partial charge in [0.15, 0.2) is 0 Å². The summed E-state index contributed by atoms with van der Waals surface area (Å²) in [7, 11) is 0. The van der Waals surface area contributed by atoms with Gasteiger partial charge in [-0.25, -0.2) is 0 Å². The van der Waals surface area contributed by atoms with Crippen molar-refractivity contribution in [3.05, 3.63) is 35.9 Å². The lowest BCUT2D eigenvalue weighted by Crippen LogP contribution is -2.09. The molecule has 0 radical (unpaired) electrons. The second-order valence-electron chi connectivity index (χ2n) is 3.88. The number of hydrogen-bond acceptors (Lipinski definition) is 1. The van der Waals surface area contributed by atoms with E-state index in [2.05, 4.69) is 31.2 Å². The van der Waals surface area contributed by atoms with E-state index in [9.17, 15) is 5.11 Å². The Bertz CT molecular complexity index is 230. The Kier molecular flexibility index (Phi) is 5.31. The van der Waals surface area contributed by atoms with Crippen molar-refractivity contribution in [3.8, 4) is 0 Å². The molecule has 1 nitrogen and oxygen atoms in total. The summed E-state index contributed by atoms with van der Waals surface area (Å²) in [6.07, 6.45) is 4.59. The smallest absolute Gasteiger partial charge is 0.0462 e. The summed E-state index contributed by atoms with van der Waals surface area (Å²) in [6, 6.07) is 10.4. The molecule has 78 valence electrons. The molecule has 1 N–H and O–H groups in total. The van der Waals surface area contributed by atoms with Gasteiger partial charge in [0, 0.05) is 6.61 Å². The zero-order valence-corrected chi connectivity index (χ0v) is 8.95. The first-order valence-corrected chi connectivity index (χ1v) is 5.51. The van der Waals surface area contributed by atoms with Gasteiger partial charge in [0.1, 0.15) is 0 Å². The number of aliphatic hydroxyl groups is 1. The van der Waals surface area contributed by atoms with Gasteiger partial charge in [0.05, 0.1) is 0 Å². The van der Waals surface area contributed by atoms with Crippen molar-refractivity contribution in [2.75, 3.05) is 6.61 Å². The van der Waals surface area contributed by atoms with Crippen LogP contribution in [0.4, 0.5) is 0 Å². The van der Waals surface area contributed by atoms with E-state index in [1.54, 1.807) is 0 Å². The molecule has 1 rings (SSSR count). The lowest BCUT2D eigenvalue weighted by molar-refractivity contribution is 0.215. The van der Waals surface area contributed by atoms with Crippen LogP contribution in [0.15, 0.2) is 30.3 Å². The third kappa shape index (κ3) is 3.93. The molecule has 0 bridgehead atoms. The summed E-state index contributed by atoms with van der Waals surface area (Å²) in [5.41, 5.74) is 1.34. The van der Waals surface area contributed by atoms with E-state index < -0.39 is 0 Å². The van der Waals surface area contributed by atoms with Gasteiger partial charge in [-0.2, -0.15) is 0 Å². The van der Waals surface area contributed by atoms with E-state index in [-0.39, 0.29) is 0 Å². The Hall–Kier alpha value is -0.820. The monoisotopic (exact) mass is 192 g/mol. The predicted molar refractivity (Wildman–Crippen MR) is 60.2 cm³/mol. The minimum Gasteiger partial charge on any atom is -0.396 e. The van der Waals surface area contributed by atoms with Gasteiger partial charge >= 0.3 is 0 Å². The Labute approximate surface area is 86.8 Å². The Balaban J connectivity index is 2.40. The zero-order chi connectivity index (χ0) is 10.2. The number of unbranched alkanes of at least 4 members (excludes halogenated alkanes) is 1. The fraction of sp³-hybridized carbons (Fsp3) is 0.538. The van der Waals surface area contributed by atoms with Gasteiger partial charge in [-0.1, -0.05) is 50.1 Å². The summed E-state index contributed by atoms with van der Waals surface area (Å²) >= 11 is 0. The second-order valence-corrected chi connectivity index (χ2v) is 3.88. The van der Waals surface area contributed by atoms with Crippen molar-refractivity contribution in [3.63, 3.8) is 0 Å². The van der Waals surface area contributed by atoms with E-state index in [4.69, 9.17) is 0 Å². The number of rotatable bonds is 6. The molecule has 0 aliphatic carbocycles. The van der Waals surface area contributed by atoms with E-state index in [1.807, 2.05) is 6.07 Å². The van der Waals surface area contributed by atoms with E-state index >= 15 is 0 Å². The number of benzene rings is 1. The third-order valence-corrected chi connectivity index (χ3v) is 2.59. The molecule has 0 aromatic heterocycles. The molecule has 1 aromatic carbocycles. The Morgan fingerprint density at radius 2 is 1.93 bits per heavy atom. The molecule has 1 aromatic rings. The van der Waals surface area contributed by atoms with Crippen molar-refractivity contribution in [1.82, 2.24) is 0 Å². The molecule has 1 unspecified atom stereocenters. The molecule has 0 fully saturated rings. The van der Waals surface area contributed by atoms with Crippen molar-refractivity contribution in [1.29, 1.82) is 0 Å². The summed E-state index contributed by atoms with van der Waals surface area (Å²) in [5.74, 6) is 0.442.